The fourth-order valence-electron chi connectivity index (χ4n) is 2.88. The second kappa shape index (κ2) is 8.03. The predicted molar refractivity (Wildman–Crippen MR) is 97.4 cm³/mol. The molecule has 0 bridgehead atoms. The monoisotopic (exact) mass is 390 g/mol. The summed E-state index contributed by atoms with van der Waals surface area (Å²) >= 11 is 0. The molecule has 2 N–H and O–H groups in total. The highest BCUT2D eigenvalue weighted by atomic mass is 32.2. The highest BCUT2D eigenvalue weighted by Crippen LogP contribution is 2.26. The lowest BCUT2D eigenvalue weighted by Crippen LogP contribution is -2.45. The van der Waals surface area contributed by atoms with Crippen LogP contribution in [0.1, 0.15) is 39.5 Å². The first kappa shape index (κ1) is 20.2. The molecule has 0 aliphatic carbocycles. The van der Waals surface area contributed by atoms with Gasteiger partial charge in [-0.1, -0.05) is 13.3 Å². The molecule has 1 aromatic carbocycles. The van der Waals surface area contributed by atoms with E-state index in [0.717, 1.165) is 6.42 Å². The van der Waals surface area contributed by atoms with Gasteiger partial charge in [0.05, 0.1) is 16.8 Å². The first-order valence-corrected chi connectivity index (χ1v) is 11.6. The number of nitrogens with one attached hydrogen (secondary N) is 1. The van der Waals surface area contributed by atoms with Crippen LogP contribution in [-0.4, -0.2) is 50.7 Å². The third kappa shape index (κ3) is 5.16. The topological polar surface area (TPSA) is 104 Å². The van der Waals surface area contributed by atoms with Crippen LogP contribution in [0.4, 0.5) is 5.69 Å². The summed E-state index contributed by atoms with van der Waals surface area (Å²) in [7, 11) is -7.08. The van der Waals surface area contributed by atoms with Crippen molar-refractivity contribution < 1.29 is 21.9 Å². The number of anilines is 1. The summed E-state index contributed by atoms with van der Waals surface area (Å²) in [5.41, 5.74) is 0.345. The Morgan fingerprint density at radius 2 is 1.84 bits per heavy atom. The predicted octanol–water partition coefficient (Wildman–Crippen LogP) is 1.76. The van der Waals surface area contributed by atoms with Gasteiger partial charge in [-0.25, -0.2) is 16.8 Å². The lowest BCUT2D eigenvalue weighted by Gasteiger charge is -2.34. The molecule has 1 saturated heterocycles. The lowest BCUT2D eigenvalue weighted by molar-refractivity contribution is 0.0867. The van der Waals surface area contributed by atoms with Gasteiger partial charge in [0, 0.05) is 18.3 Å². The van der Waals surface area contributed by atoms with Crippen molar-refractivity contribution in [2.24, 2.45) is 0 Å². The number of hydrogen-bond donors (Lipinski definition) is 2. The second-order valence-corrected chi connectivity index (χ2v) is 10.2. The van der Waals surface area contributed by atoms with Crippen molar-refractivity contribution in [3.05, 3.63) is 24.3 Å². The second-order valence-electron chi connectivity index (χ2n) is 6.44. The number of piperidine rings is 1. The van der Waals surface area contributed by atoms with Crippen molar-refractivity contribution >= 4 is 25.7 Å². The Labute approximate surface area is 150 Å². The maximum Gasteiger partial charge on any atom is 0.243 e. The molecular formula is C16H26N2O5S2. The van der Waals surface area contributed by atoms with E-state index < -0.39 is 26.2 Å². The van der Waals surface area contributed by atoms with Gasteiger partial charge < -0.3 is 5.11 Å². The molecule has 25 heavy (non-hydrogen) atoms. The normalized spacial score (nSPS) is 22.7. The number of aliphatic hydroxyl groups is 1. The van der Waals surface area contributed by atoms with Gasteiger partial charge in [-0.05, 0) is 50.5 Å². The zero-order valence-corrected chi connectivity index (χ0v) is 16.2. The molecule has 0 aromatic heterocycles. The molecule has 0 amide bonds. The smallest absolute Gasteiger partial charge is 0.243 e. The molecular weight excluding hydrogens is 364 g/mol. The van der Waals surface area contributed by atoms with E-state index in [2.05, 4.69) is 4.72 Å². The third-order valence-corrected chi connectivity index (χ3v) is 7.69. The molecule has 1 heterocycles. The Hall–Kier alpha value is -1.16. The molecule has 1 aliphatic rings. The van der Waals surface area contributed by atoms with Crippen LogP contribution >= 0.6 is 0 Å². The van der Waals surface area contributed by atoms with E-state index in [-0.39, 0.29) is 23.2 Å². The van der Waals surface area contributed by atoms with Crippen molar-refractivity contribution in [2.45, 2.75) is 56.6 Å². The van der Waals surface area contributed by atoms with Crippen molar-refractivity contribution in [2.75, 3.05) is 17.0 Å². The number of hydrogen-bond acceptors (Lipinski definition) is 5. The Bertz CT molecular complexity index is 775. The molecule has 9 heteroatoms. The van der Waals surface area contributed by atoms with Crippen molar-refractivity contribution in [3.63, 3.8) is 0 Å². The summed E-state index contributed by atoms with van der Waals surface area (Å²) in [6, 6.07) is 5.45. The zero-order chi connectivity index (χ0) is 18.7. The average Bonchev–Trinajstić information content (AvgIpc) is 2.53. The van der Waals surface area contributed by atoms with E-state index in [1.54, 1.807) is 6.92 Å². The van der Waals surface area contributed by atoms with Gasteiger partial charge in [0.2, 0.25) is 20.0 Å². The van der Waals surface area contributed by atoms with E-state index in [9.17, 15) is 21.9 Å². The zero-order valence-electron chi connectivity index (χ0n) is 14.6. The van der Waals surface area contributed by atoms with Crippen LogP contribution < -0.4 is 4.72 Å². The highest BCUT2D eigenvalue weighted by Gasteiger charge is 2.33. The number of benzene rings is 1. The average molecular weight is 391 g/mol. The number of unbranched alkanes of at least 4 members (excludes halogenated alkanes) is 1. The first-order valence-electron chi connectivity index (χ1n) is 8.46. The minimum Gasteiger partial charge on any atom is -0.393 e. The van der Waals surface area contributed by atoms with Crippen LogP contribution in [0.5, 0.6) is 0 Å². The van der Waals surface area contributed by atoms with Crippen LogP contribution in [-0.2, 0) is 20.0 Å². The van der Waals surface area contributed by atoms with E-state index in [4.69, 9.17) is 0 Å². The van der Waals surface area contributed by atoms with Gasteiger partial charge in [-0.3, -0.25) is 4.72 Å². The summed E-state index contributed by atoms with van der Waals surface area (Å²) in [5, 5.41) is 9.65. The molecule has 1 fully saturated rings. The largest absolute Gasteiger partial charge is 0.393 e. The van der Waals surface area contributed by atoms with Crippen molar-refractivity contribution in [3.8, 4) is 0 Å². The summed E-state index contributed by atoms with van der Waals surface area (Å²) in [4.78, 5) is 0.118. The maximum atomic E-state index is 12.7. The molecule has 0 spiro atoms. The van der Waals surface area contributed by atoms with Crippen LogP contribution in [0.15, 0.2) is 29.2 Å². The summed E-state index contributed by atoms with van der Waals surface area (Å²) < 4.78 is 53.1. The standard InChI is InChI=1S/C16H26N2O5S2/c1-3-4-11-24(20,21)17-14-5-7-16(8-6-14)25(22,23)18-10-9-15(19)12-13(18)2/h5-8,13,15,17,19H,3-4,9-12H2,1-2H3/t13-,15-/m1/s1. The molecule has 0 radical (unpaired) electrons. The molecule has 1 aromatic rings. The summed E-state index contributed by atoms with van der Waals surface area (Å²) in [6.07, 6.45) is 1.70. The summed E-state index contributed by atoms with van der Waals surface area (Å²) in [5.74, 6) is 0.0389. The fraction of sp³-hybridized carbons (Fsp3) is 0.625. The van der Waals surface area contributed by atoms with Crippen molar-refractivity contribution in [1.29, 1.82) is 0 Å². The minimum atomic E-state index is -3.66. The lowest BCUT2D eigenvalue weighted by atomic mass is 10.0. The SMILES string of the molecule is CCCCS(=O)(=O)Nc1ccc(S(=O)(=O)N2CC[C@@H](O)C[C@H]2C)cc1. The van der Waals surface area contributed by atoms with E-state index in [0.29, 0.717) is 24.9 Å². The van der Waals surface area contributed by atoms with Crippen LogP contribution in [0.3, 0.4) is 0 Å². The molecule has 142 valence electrons. The van der Waals surface area contributed by atoms with E-state index in [1.165, 1.54) is 28.6 Å². The van der Waals surface area contributed by atoms with Crippen LogP contribution in [0.2, 0.25) is 0 Å². The molecule has 0 unspecified atom stereocenters. The quantitative estimate of drug-likeness (QED) is 0.738. The number of sulfonamides is 2. The Kier molecular flexibility index (Phi) is 6.47. The summed E-state index contributed by atoms with van der Waals surface area (Å²) in [6.45, 7) is 3.96. The Morgan fingerprint density at radius 3 is 2.40 bits per heavy atom. The van der Waals surface area contributed by atoms with Gasteiger partial charge in [0.25, 0.3) is 0 Å². The number of aliphatic hydroxyl groups excluding tert-OH is 1. The van der Waals surface area contributed by atoms with Crippen molar-refractivity contribution in [1.82, 2.24) is 4.31 Å². The molecule has 2 atom stereocenters. The molecule has 1 aliphatic heterocycles. The van der Waals surface area contributed by atoms with Gasteiger partial charge in [0.1, 0.15) is 0 Å². The van der Waals surface area contributed by atoms with E-state index in [1.807, 2.05) is 6.92 Å². The minimum absolute atomic E-state index is 0.0389. The van der Waals surface area contributed by atoms with Crippen LogP contribution in [0, 0.1) is 0 Å². The Morgan fingerprint density at radius 1 is 1.20 bits per heavy atom. The molecule has 7 nitrogen and oxygen atoms in total. The fourth-order valence-corrected chi connectivity index (χ4v) is 5.80. The van der Waals surface area contributed by atoms with E-state index >= 15 is 0 Å². The van der Waals surface area contributed by atoms with Crippen LogP contribution in [0.25, 0.3) is 0 Å². The molecule has 2 rings (SSSR count). The first-order chi connectivity index (χ1) is 11.7. The van der Waals surface area contributed by atoms with Gasteiger partial charge in [-0.2, -0.15) is 4.31 Å². The number of nitrogens with zero attached hydrogens (tertiary/aromatic N) is 1. The Balaban J connectivity index is 2.13. The maximum absolute atomic E-state index is 12.7. The molecule has 0 saturated carbocycles. The van der Waals surface area contributed by atoms with Gasteiger partial charge >= 0.3 is 0 Å². The number of rotatable bonds is 7. The highest BCUT2D eigenvalue weighted by molar-refractivity contribution is 7.92. The van der Waals surface area contributed by atoms with Gasteiger partial charge in [0.15, 0.2) is 0 Å². The van der Waals surface area contributed by atoms with Gasteiger partial charge in [-0.15, -0.1) is 0 Å². The third-order valence-electron chi connectivity index (χ3n) is 4.29.